The van der Waals surface area contributed by atoms with Gasteiger partial charge in [0.25, 0.3) is 10.1 Å². The molecule has 0 unspecified atom stereocenters. The summed E-state index contributed by atoms with van der Waals surface area (Å²) < 4.78 is 56.3. The fraction of sp³-hybridized carbons (Fsp3) is 0.321. The first-order chi connectivity index (χ1) is 18.8. The molecular weight excluding hydrogens is 528 g/mol. The van der Waals surface area contributed by atoms with Gasteiger partial charge < -0.3 is 28.8 Å². The predicted octanol–water partition coefficient (Wildman–Crippen LogP) is 4.36. The first kappa shape index (κ1) is 26.6. The smallest absolute Gasteiger partial charge is 0.304 e. The first-order valence-electron chi connectivity index (χ1n) is 12.4. The molecule has 2 aliphatic rings. The monoisotopic (exact) mass is 556 g/mol. The summed E-state index contributed by atoms with van der Waals surface area (Å²) in [5.74, 6) is 1.95. The molecule has 1 N–H and O–H groups in total. The van der Waals surface area contributed by atoms with Crippen molar-refractivity contribution >= 4 is 16.1 Å². The molecule has 0 aromatic heterocycles. The molecule has 3 aromatic rings. The summed E-state index contributed by atoms with van der Waals surface area (Å²) in [5, 5.41) is 9.09. The van der Waals surface area contributed by atoms with Crippen molar-refractivity contribution in [3.05, 3.63) is 65.7 Å². The second-order valence-electron chi connectivity index (χ2n) is 9.12. The molecule has 0 radical (unpaired) electrons. The second-order valence-corrected chi connectivity index (χ2v) is 11.0. The van der Waals surface area contributed by atoms with Crippen LogP contribution in [0.15, 0.2) is 54.6 Å². The molecule has 0 aliphatic carbocycles. The Bertz CT molecular complexity index is 1470. The number of carbonyl (C=O) groups is 1. The van der Waals surface area contributed by atoms with E-state index in [2.05, 4.69) is 4.18 Å². The summed E-state index contributed by atoms with van der Waals surface area (Å²) in [5.41, 5.74) is 3.46. The fourth-order valence-corrected chi connectivity index (χ4v) is 5.13. The number of benzene rings is 3. The molecule has 2 heterocycles. The van der Waals surface area contributed by atoms with Gasteiger partial charge in [-0.15, -0.1) is 0 Å². The highest BCUT2D eigenvalue weighted by Gasteiger charge is 2.26. The number of hydrogen-bond acceptors (Lipinski definition) is 9. The van der Waals surface area contributed by atoms with E-state index >= 15 is 0 Å². The van der Waals surface area contributed by atoms with Gasteiger partial charge in [-0.05, 0) is 42.3 Å². The molecular formula is C28H28O10S. The predicted molar refractivity (Wildman–Crippen MR) is 140 cm³/mol. The normalized spacial score (nSPS) is 15.5. The Balaban J connectivity index is 1.26. The van der Waals surface area contributed by atoms with Crippen LogP contribution in [-0.2, 0) is 25.7 Å². The molecule has 39 heavy (non-hydrogen) atoms. The Morgan fingerprint density at radius 1 is 0.923 bits per heavy atom. The van der Waals surface area contributed by atoms with Gasteiger partial charge in [0, 0.05) is 34.7 Å². The maximum Gasteiger partial charge on any atom is 0.304 e. The Morgan fingerprint density at radius 2 is 1.69 bits per heavy atom. The molecule has 2 aliphatic heterocycles. The van der Waals surface area contributed by atoms with Crippen LogP contribution >= 0.6 is 0 Å². The zero-order chi connectivity index (χ0) is 27.4. The summed E-state index contributed by atoms with van der Waals surface area (Å²) in [6, 6.07) is 16.7. The van der Waals surface area contributed by atoms with Crippen LogP contribution in [0.2, 0.25) is 0 Å². The zero-order valence-corrected chi connectivity index (χ0v) is 22.1. The Kier molecular flexibility index (Phi) is 7.80. The number of hydrogen-bond donors (Lipinski definition) is 1. The summed E-state index contributed by atoms with van der Waals surface area (Å²) in [6.45, 7) is 0.888. The van der Waals surface area contributed by atoms with E-state index in [1.165, 1.54) is 0 Å². The third kappa shape index (κ3) is 6.37. The largest absolute Gasteiger partial charge is 0.493 e. The standard InChI is InChI=1S/C28H28O10S/c1-33-39(31,32)10-2-9-34-20-5-7-23-24-11-18(3-8-25(24)37-17-38-27(23)13-20)15-35-21-4-6-22-19(12-28(29)30)16-36-26(22)14-21/h3-8,11,13-14,19H,2,9-10,12,15-17H2,1H3,(H,29,30)/t19-/m1/s1. The number of carboxylic acid groups (broad SMARTS) is 1. The Hall–Kier alpha value is -3.96. The molecule has 0 amide bonds. The van der Waals surface area contributed by atoms with Gasteiger partial charge in [0.2, 0.25) is 6.79 Å². The van der Waals surface area contributed by atoms with Crippen LogP contribution in [0.4, 0.5) is 0 Å². The minimum Gasteiger partial charge on any atom is -0.493 e. The van der Waals surface area contributed by atoms with Crippen LogP contribution in [0.3, 0.4) is 0 Å². The quantitative estimate of drug-likeness (QED) is 0.269. The van der Waals surface area contributed by atoms with Gasteiger partial charge in [-0.3, -0.25) is 8.98 Å². The van der Waals surface area contributed by atoms with Crippen LogP contribution in [0.25, 0.3) is 11.1 Å². The summed E-state index contributed by atoms with van der Waals surface area (Å²) >= 11 is 0. The lowest BCUT2D eigenvalue weighted by Gasteiger charge is -2.13. The highest BCUT2D eigenvalue weighted by molar-refractivity contribution is 7.86. The highest BCUT2D eigenvalue weighted by atomic mass is 32.2. The van der Waals surface area contributed by atoms with Gasteiger partial charge in [-0.25, -0.2) is 0 Å². The maximum atomic E-state index is 11.5. The Labute approximate surface area is 226 Å². The molecule has 11 heteroatoms. The van der Waals surface area contributed by atoms with Gasteiger partial charge in [0.15, 0.2) is 0 Å². The topological polar surface area (TPSA) is 127 Å². The maximum absolute atomic E-state index is 11.5. The molecule has 0 saturated heterocycles. The third-order valence-corrected chi connectivity index (χ3v) is 7.77. The minimum atomic E-state index is -3.52. The van der Waals surface area contributed by atoms with Crippen molar-refractivity contribution in [3.63, 3.8) is 0 Å². The van der Waals surface area contributed by atoms with Crippen molar-refractivity contribution in [1.29, 1.82) is 0 Å². The Morgan fingerprint density at radius 3 is 2.51 bits per heavy atom. The van der Waals surface area contributed by atoms with Crippen LogP contribution in [0.5, 0.6) is 28.7 Å². The van der Waals surface area contributed by atoms with Gasteiger partial charge >= 0.3 is 5.97 Å². The van der Waals surface area contributed by atoms with E-state index in [1.54, 1.807) is 18.2 Å². The molecule has 0 saturated carbocycles. The lowest BCUT2D eigenvalue weighted by atomic mass is 9.98. The van der Waals surface area contributed by atoms with Crippen molar-refractivity contribution in [2.45, 2.75) is 25.4 Å². The molecule has 0 spiro atoms. The fourth-order valence-electron chi connectivity index (χ4n) is 4.50. The highest BCUT2D eigenvalue weighted by Crippen LogP contribution is 2.42. The number of carboxylic acids is 1. The summed E-state index contributed by atoms with van der Waals surface area (Å²) in [7, 11) is -2.38. The van der Waals surface area contributed by atoms with E-state index in [-0.39, 0.29) is 31.5 Å². The van der Waals surface area contributed by atoms with Crippen LogP contribution in [-0.4, -0.2) is 52.4 Å². The third-order valence-electron chi connectivity index (χ3n) is 6.47. The molecule has 5 rings (SSSR count). The second kappa shape index (κ2) is 11.4. The van der Waals surface area contributed by atoms with Crippen molar-refractivity contribution in [1.82, 2.24) is 0 Å². The molecule has 0 fully saturated rings. The van der Waals surface area contributed by atoms with E-state index < -0.39 is 16.1 Å². The van der Waals surface area contributed by atoms with Gasteiger partial charge in [-0.2, -0.15) is 8.42 Å². The van der Waals surface area contributed by atoms with Gasteiger partial charge in [0.1, 0.15) is 35.4 Å². The van der Waals surface area contributed by atoms with Gasteiger partial charge in [-0.1, -0.05) is 12.1 Å². The van der Waals surface area contributed by atoms with E-state index in [1.807, 2.05) is 36.4 Å². The molecule has 1 atom stereocenters. The summed E-state index contributed by atoms with van der Waals surface area (Å²) in [6.07, 6.45) is 0.324. The van der Waals surface area contributed by atoms with Crippen molar-refractivity contribution in [3.8, 4) is 39.9 Å². The lowest BCUT2D eigenvalue weighted by Crippen LogP contribution is -2.11. The van der Waals surface area contributed by atoms with Crippen molar-refractivity contribution < 1.29 is 46.2 Å². The van der Waals surface area contributed by atoms with Crippen LogP contribution in [0, 0.1) is 0 Å². The minimum absolute atomic E-state index is 0.0297. The van der Waals surface area contributed by atoms with E-state index in [4.69, 9.17) is 28.8 Å². The average Bonchev–Trinajstić information content (AvgIpc) is 3.22. The number of fused-ring (bicyclic) bond motifs is 4. The zero-order valence-electron chi connectivity index (χ0n) is 21.3. The molecule has 206 valence electrons. The first-order valence-corrected chi connectivity index (χ1v) is 13.9. The van der Waals surface area contributed by atoms with Crippen LogP contribution < -0.4 is 23.7 Å². The number of ether oxygens (including phenoxy) is 5. The van der Waals surface area contributed by atoms with Crippen LogP contribution in [0.1, 0.15) is 29.9 Å². The molecule has 0 bridgehead atoms. The van der Waals surface area contributed by atoms with Gasteiger partial charge in [0.05, 0.1) is 32.5 Å². The molecule has 10 nitrogen and oxygen atoms in total. The van der Waals surface area contributed by atoms with E-state index in [0.29, 0.717) is 48.4 Å². The lowest BCUT2D eigenvalue weighted by molar-refractivity contribution is -0.137. The van der Waals surface area contributed by atoms with Crippen molar-refractivity contribution in [2.75, 3.05) is 32.9 Å². The number of rotatable bonds is 11. The van der Waals surface area contributed by atoms with Crippen molar-refractivity contribution in [2.24, 2.45) is 0 Å². The number of aliphatic carboxylic acids is 1. The summed E-state index contributed by atoms with van der Waals surface area (Å²) in [4.78, 5) is 11.1. The molecule has 3 aromatic carbocycles. The SMILES string of the molecule is COS(=O)(=O)CCCOc1ccc2c(c1)OCOc1ccc(COc3ccc4c(c3)OC[C@H]4CC(=O)O)cc1-2. The van der Waals surface area contributed by atoms with E-state index in [9.17, 15) is 13.2 Å². The van der Waals surface area contributed by atoms with E-state index in [0.717, 1.165) is 29.4 Å². The average molecular weight is 557 g/mol.